The van der Waals surface area contributed by atoms with Crippen molar-refractivity contribution in [1.29, 1.82) is 0 Å². The predicted octanol–water partition coefficient (Wildman–Crippen LogP) is 2.61. The Morgan fingerprint density at radius 2 is 2.11 bits per heavy atom. The highest BCUT2D eigenvalue weighted by Crippen LogP contribution is 2.30. The van der Waals surface area contributed by atoms with Gasteiger partial charge in [0.1, 0.15) is 5.75 Å². The SMILES string of the molecule is CCOc1cccc(C2CCN(CCCN)CC2)c1. The zero-order valence-electron chi connectivity index (χ0n) is 12.0. The van der Waals surface area contributed by atoms with E-state index in [-0.39, 0.29) is 0 Å². The first-order valence-corrected chi connectivity index (χ1v) is 7.48. The van der Waals surface area contributed by atoms with Crippen LogP contribution in [0, 0.1) is 0 Å². The molecule has 3 heteroatoms. The topological polar surface area (TPSA) is 38.5 Å². The molecule has 1 heterocycles. The van der Waals surface area contributed by atoms with Crippen molar-refractivity contribution < 1.29 is 4.74 Å². The van der Waals surface area contributed by atoms with Crippen molar-refractivity contribution in [2.75, 3.05) is 32.8 Å². The Kier molecular flexibility index (Phi) is 5.67. The van der Waals surface area contributed by atoms with Crippen LogP contribution in [0.2, 0.25) is 0 Å². The molecule has 1 fully saturated rings. The molecule has 0 aromatic heterocycles. The van der Waals surface area contributed by atoms with Gasteiger partial charge in [-0.05, 0) is 76.0 Å². The maximum Gasteiger partial charge on any atom is 0.119 e. The summed E-state index contributed by atoms with van der Waals surface area (Å²) in [6, 6.07) is 8.61. The van der Waals surface area contributed by atoms with E-state index in [1.165, 1.54) is 31.5 Å². The van der Waals surface area contributed by atoms with Gasteiger partial charge in [-0.3, -0.25) is 0 Å². The number of ether oxygens (including phenoxy) is 1. The fourth-order valence-electron chi connectivity index (χ4n) is 2.83. The lowest BCUT2D eigenvalue weighted by Crippen LogP contribution is -2.34. The van der Waals surface area contributed by atoms with E-state index in [4.69, 9.17) is 10.5 Å². The van der Waals surface area contributed by atoms with E-state index >= 15 is 0 Å². The largest absolute Gasteiger partial charge is 0.494 e. The molecular weight excluding hydrogens is 236 g/mol. The molecule has 1 aromatic carbocycles. The molecule has 0 aliphatic carbocycles. The number of rotatable bonds is 6. The monoisotopic (exact) mass is 262 g/mol. The van der Waals surface area contributed by atoms with Gasteiger partial charge in [0.15, 0.2) is 0 Å². The molecule has 106 valence electrons. The zero-order chi connectivity index (χ0) is 13.5. The lowest BCUT2D eigenvalue weighted by atomic mass is 9.89. The van der Waals surface area contributed by atoms with Crippen molar-refractivity contribution in [3.05, 3.63) is 29.8 Å². The van der Waals surface area contributed by atoms with E-state index in [1.807, 2.05) is 13.0 Å². The van der Waals surface area contributed by atoms with Crippen LogP contribution in [-0.4, -0.2) is 37.7 Å². The molecule has 2 N–H and O–H groups in total. The van der Waals surface area contributed by atoms with Gasteiger partial charge >= 0.3 is 0 Å². The maximum atomic E-state index is 5.59. The van der Waals surface area contributed by atoms with Gasteiger partial charge in [-0.25, -0.2) is 0 Å². The fourth-order valence-corrected chi connectivity index (χ4v) is 2.83. The molecule has 3 nitrogen and oxygen atoms in total. The summed E-state index contributed by atoms with van der Waals surface area (Å²) in [6.07, 6.45) is 3.62. The molecule has 0 amide bonds. The summed E-state index contributed by atoms with van der Waals surface area (Å²) in [6.45, 7) is 7.12. The van der Waals surface area contributed by atoms with Gasteiger partial charge < -0.3 is 15.4 Å². The van der Waals surface area contributed by atoms with Crippen molar-refractivity contribution in [3.8, 4) is 5.75 Å². The second-order valence-corrected chi connectivity index (χ2v) is 5.26. The van der Waals surface area contributed by atoms with Crippen LogP contribution in [0.5, 0.6) is 5.75 Å². The second kappa shape index (κ2) is 7.51. The Balaban J connectivity index is 1.88. The Morgan fingerprint density at radius 3 is 2.79 bits per heavy atom. The summed E-state index contributed by atoms with van der Waals surface area (Å²) in [5.74, 6) is 1.69. The van der Waals surface area contributed by atoms with Crippen LogP contribution in [0.15, 0.2) is 24.3 Å². The lowest BCUT2D eigenvalue weighted by molar-refractivity contribution is 0.211. The number of piperidine rings is 1. The molecule has 0 atom stereocenters. The van der Waals surface area contributed by atoms with Crippen molar-refractivity contribution in [2.24, 2.45) is 5.73 Å². The molecule has 2 rings (SSSR count). The van der Waals surface area contributed by atoms with Crippen LogP contribution in [0.1, 0.15) is 37.7 Å². The number of benzene rings is 1. The van der Waals surface area contributed by atoms with E-state index in [2.05, 4.69) is 23.1 Å². The summed E-state index contributed by atoms with van der Waals surface area (Å²) in [4.78, 5) is 2.54. The molecule has 0 unspecified atom stereocenters. The third kappa shape index (κ3) is 4.22. The Labute approximate surface area is 116 Å². The van der Waals surface area contributed by atoms with Gasteiger partial charge in [-0.1, -0.05) is 12.1 Å². The molecular formula is C16H26N2O. The van der Waals surface area contributed by atoms with Crippen LogP contribution < -0.4 is 10.5 Å². The number of hydrogen-bond donors (Lipinski definition) is 1. The average Bonchev–Trinajstić information content (AvgIpc) is 2.46. The van der Waals surface area contributed by atoms with Crippen LogP contribution in [0.25, 0.3) is 0 Å². The summed E-state index contributed by atoms with van der Waals surface area (Å²) >= 11 is 0. The number of hydrogen-bond acceptors (Lipinski definition) is 3. The summed E-state index contributed by atoms with van der Waals surface area (Å²) in [5.41, 5.74) is 7.00. The summed E-state index contributed by atoms with van der Waals surface area (Å²) in [5, 5.41) is 0. The maximum absolute atomic E-state index is 5.59. The molecule has 1 aliphatic heterocycles. The first-order chi connectivity index (χ1) is 9.33. The minimum Gasteiger partial charge on any atom is -0.494 e. The Morgan fingerprint density at radius 1 is 1.32 bits per heavy atom. The van der Waals surface area contributed by atoms with Gasteiger partial charge in [-0.2, -0.15) is 0 Å². The molecule has 0 saturated carbocycles. The second-order valence-electron chi connectivity index (χ2n) is 5.26. The molecule has 0 bridgehead atoms. The highest BCUT2D eigenvalue weighted by atomic mass is 16.5. The molecule has 1 aliphatic rings. The van der Waals surface area contributed by atoms with E-state index in [1.54, 1.807) is 0 Å². The van der Waals surface area contributed by atoms with Crippen LogP contribution in [-0.2, 0) is 0 Å². The third-order valence-corrected chi connectivity index (χ3v) is 3.91. The number of likely N-dealkylation sites (tertiary alicyclic amines) is 1. The van der Waals surface area contributed by atoms with E-state index < -0.39 is 0 Å². The zero-order valence-corrected chi connectivity index (χ0v) is 12.0. The molecule has 19 heavy (non-hydrogen) atoms. The van der Waals surface area contributed by atoms with E-state index in [0.717, 1.165) is 31.9 Å². The molecule has 1 aromatic rings. The van der Waals surface area contributed by atoms with Gasteiger partial charge in [0.05, 0.1) is 6.61 Å². The number of nitrogens with two attached hydrogens (primary N) is 1. The Bertz CT molecular complexity index is 373. The molecule has 0 radical (unpaired) electrons. The average molecular weight is 262 g/mol. The van der Waals surface area contributed by atoms with Crippen LogP contribution >= 0.6 is 0 Å². The minimum atomic E-state index is 0.689. The fraction of sp³-hybridized carbons (Fsp3) is 0.625. The molecule has 0 spiro atoms. The van der Waals surface area contributed by atoms with Crippen molar-refractivity contribution in [3.63, 3.8) is 0 Å². The van der Waals surface area contributed by atoms with Crippen molar-refractivity contribution in [2.45, 2.75) is 32.1 Å². The van der Waals surface area contributed by atoms with Crippen molar-refractivity contribution >= 4 is 0 Å². The normalized spacial score (nSPS) is 17.6. The predicted molar refractivity (Wildman–Crippen MR) is 79.7 cm³/mol. The van der Waals surface area contributed by atoms with Crippen LogP contribution in [0.3, 0.4) is 0 Å². The number of nitrogens with zero attached hydrogens (tertiary/aromatic N) is 1. The van der Waals surface area contributed by atoms with Crippen LogP contribution in [0.4, 0.5) is 0 Å². The highest BCUT2D eigenvalue weighted by molar-refractivity contribution is 5.31. The standard InChI is InChI=1S/C16H26N2O/c1-2-19-16-6-3-5-15(13-16)14-7-11-18(12-8-14)10-4-9-17/h3,5-6,13-14H,2,4,7-12,17H2,1H3. The van der Waals surface area contributed by atoms with E-state index in [0.29, 0.717) is 5.92 Å². The summed E-state index contributed by atoms with van der Waals surface area (Å²) < 4.78 is 5.59. The quantitative estimate of drug-likeness (QED) is 0.856. The van der Waals surface area contributed by atoms with Gasteiger partial charge in [0.2, 0.25) is 0 Å². The van der Waals surface area contributed by atoms with Gasteiger partial charge in [-0.15, -0.1) is 0 Å². The molecule has 1 saturated heterocycles. The lowest BCUT2D eigenvalue weighted by Gasteiger charge is -2.32. The first kappa shape index (κ1) is 14.4. The smallest absolute Gasteiger partial charge is 0.119 e. The Hall–Kier alpha value is -1.06. The third-order valence-electron chi connectivity index (χ3n) is 3.91. The van der Waals surface area contributed by atoms with Gasteiger partial charge in [0, 0.05) is 0 Å². The van der Waals surface area contributed by atoms with E-state index in [9.17, 15) is 0 Å². The van der Waals surface area contributed by atoms with Gasteiger partial charge in [0.25, 0.3) is 0 Å². The first-order valence-electron chi connectivity index (χ1n) is 7.48. The highest BCUT2D eigenvalue weighted by Gasteiger charge is 2.20. The van der Waals surface area contributed by atoms with Crippen molar-refractivity contribution in [1.82, 2.24) is 4.90 Å². The minimum absolute atomic E-state index is 0.689. The summed E-state index contributed by atoms with van der Waals surface area (Å²) in [7, 11) is 0.